The molecular weight excluding hydrogens is 172 g/mol. The molecule has 3 nitrogen and oxygen atoms in total. The topological polar surface area (TPSA) is 63.2 Å². The van der Waals surface area contributed by atoms with E-state index in [0.717, 1.165) is 0 Å². The molecule has 0 saturated heterocycles. The Hall–Kier alpha value is -0.0600. The summed E-state index contributed by atoms with van der Waals surface area (Å²) < 4.78 is 43.2. The number of hydrogen-bond acceptors (Lipinski definition) is 3. The third kappa shape index (κ3) is 7.94. The standard InChI is InChI=1S/C3H6F3O3P/c4-3(5,6)1-2-10(7,8)9/h1-2H2,(H2,7,8,9)/p-2. The van der Waals surface area contributed by atoms with Crippen molar-refractivity contribution in [3.63, 3.8) is 0 Å². The molecule has 0 N–H and O–H groups in total. The maximum absolute atomic E-state index is 11.2. The highest BCUT2D eigenvalue weighted by Gasteiger charge is 2.26. The van der Waals surface area contributed by atoms with Crippen LogP contribution in [-0.2, 0) is 4.57 Å². The minimum Gasteiger partial charge on any atom is -0.811 e. The Bertz CT molecular complexity index is 148. The van der Waals surface area contributed by atoms with Crippen LogP contribution in [0.4, 0.5) is 13.2 Å². The molecule has 0 heterocycles. The summed E-state index contributed by atoms with van der Waals surface area (Å²) in [5.41, 5.74) is 0. The van der Waals surface area contributed by atoms with Crippen LogP contribution < -0.4 is 9.79 Å². The van der Waals surface area contributed by atoms with Gasteiger partial charge in [0, 0.05) is 6.42 Å². The first-order valence-corrected chi connectivity index (χ1v) is 4.01. The summed E-state index contributed by atoms with van der Waals surface area (Å²) in [6.07, 6.45) is -7.47. The van der Waals surface area contributed by atoms with Crippen molar-refractivity contribution in [2.45, 2.75) is 12.6 Å². The lowest BCUT2D eigenvalue weighted by molar-refractivity contribution is -0.314. The summed E-state index contributed by atoms with van der Waals surface area (Å²) in [7, 11) is -4.98. The van der Waals surface area contributed by atoms with Gasteiger partial charge in [0.05, 0.1) is 0 Å². The van der Waals surface area contributed by atoms with Gasteiger partial charge in [-0.15, -0.1) is 0 Å². The molecule has 62 valence electrons. The van der Waals surface area contributed by atoms with E-state index >= 15 is 0 Å². The van der Waals surface area contributed by atoms with E-state index in [9.17, 15) is 27.5 Å². The zero-order valence-corrected chi connectivity index (χ0v) is 5.61. The van der Waals surface area contributed by atoms with E-state index in [1.54, 1.807) is 0 Å². The fourth-order valence-electron chi connectivity index (χ4n) is 0.264. The molecule has 0 radical (unpaired) electrons. The summed E-state index contributed by atoms with van der Waals surface area (Å²) in [6, 6.07) is 0. The Labute approximate surface area is 55.0 Å². The van der Waals surface area contributed by atoms with Crippen LogP contribution in [-0.4, -0.2) is 12.3 Å². The Kier molecular flexibility index (Phi) is 2.88. The molecule has 0 saturated carbocycles. The van der Waals surface area contributed by atoms with E-state index in [2.05, 4.69) is 0 Å². The molecule has 0 rings (SSSR count). The van der Waals surface area contributed by atoms with E-state index < -0.39 is 26.4 Å². The Morgan fingerprint density at radius 1 is 1.30 bits per heavy atom. The summed E-state index contributed by atoms with van der Waals surface area (Å²) in [4.78, 5) is 19.3. The molecule has 0 unspecified atom stereocenters. The van der Waals surface area contributed by atoms with Gasteiger partial charge in [0.25, 0.3) is 0 Å². The van der Waals surface area contributed by atoms with Crippen molar-refractivity contribution in [2.24, 2.45) is 0 Å². The summed E-state index contributed by atoms with van der Waals surface area (Å²) in [5.74, 6) is 0. The molecule has 0 bridgehead atoms. The van der Waals surface area contributed by atoms with Crippen molar-refractivity contribution >= 4 is 7.60 Å². The molecule has 0 amide bonds. The number of rotatable bonds is 2. The predicted molar refractivity (Wildman–Crippen MR) is 23.1 cm³/mol. The van der Waals surface area contributed by atoms with Gasteiger partial charge in [0.1, 0.15) is 0 Å². The van der Waals surface area contributed by atoms with E-state index in [0.29, 0.717) is 0 Å². The van der Waals surface area contributed by atoms with Crippen LogP contribution >= 0.6 is 7.60 Å². The number of halogens is 3. The maximum atomic E-state index is 11.2. The molecule has 0 aromatic rings. The van der Waals surface area contributed by atoms with E-state index in [-0.39, 0.29) is 0 Å². The van der Waals surface area contributed by atoms with E-state index in [1.165, 1.54) is 0 Å². The first kappa shape index (κ1) is 9.94. The Balaban J connectivity index is 3.67. The monoisotopic (exact) mass is 176 g/mol. The van der Waals surface area contributed by atoms with Gasteiger partial charge in [-0.1, -0.05) is 7.60 Å². The smallest absolute Gasteiger partial charge is 0.389 e. The van der Waals surface area contributed by atoms with Crippen molar-refractivity contribution in [2.75, 3.05) is 6.16 Å². The second-order valence-corrected chi connectivity index (χ2v) is 3.37. The molecule has 0 spiro atoms. The van der Waals surface area contributed by atoms with Crippen LogP contribution in [0.2, 0.25) is 0 Å². The molecule has 0 aliphatic rings. The molecule has 0 atom stereocenters. The first-order chi connectivity index (χ1) is 4.21. The molecule has 7 heteroatoms. The average molecular weight is 176 g/mol. The van der Waals surface area contributed by atoms with Gasteiger partial charge in [0.15, 0.2) is 0 Å². The van der Waals surface area contributed by atoms with E-state index in [1.807, 2.05) is 0 Å². The zero-order valence-electron chi connectivity index (χ0n) is 4.72. The van der Waals surface area contributed by atoms with Gasteiger partial charge in [-0.05, 0) is 6.16 Å². The van der Waals surface area contributed by atoms with Gasteiger partial charge in [-0.25, -0.2) is 0 Å². The van der Waals surface area contributed by atoms with Crippen molar-refractivity contribution < 1.29 is 27.5 Å². The van der Waals surface area contributed by atoms with Gasteiger partial charge in [-0.2, -0.15) is 13.2 Å². The number of alkyl halides is 3. The van der Waals surface area contributed by atoms with Crippen LogP contribution in [0.15, 0.2) is 0 Å². The summed E-state index contributed by atoms with van der Waals surface area (Å²) in [5, 5.41) is 0. The fraction of sp³-hybridized carbons (Fsp3) is 1.00. The lowest BCUT2D eigenvalue weighted by atomic mass is 10.5. The molecule has 0 aromatic heterocycles. The zero-order chi connectivity index (χ0) is 8.41. The summed E-state index contributed by atoms with van der Waals surface area (Å²) >= 11 is 0. The van der Waals surface area contributed by atoms with Crippen LogP contribution in [0, 0.1) is 0 Å². The average Bonchev–Trinajstić information content (AvgIpc) is 1.57. The van der Waals surface area contributed by atoms with Crippen molar-refractivity contribution in [3.8, 4) is 0 Å². The number of hydrogen-bond donors (Lipinski definition) is 0. The minimum absolute atomic E-state index is 1.35. The first-order valence-electron chi connectivity index (χ1n) is 2.28. The fourth-order valence-corrected chi connectivity index (χ4v) is 0.791. The van der Waals surface area contributed by atoms with Gasteiger partial charge in [0.2, 0.25) is 0 Å². The highest BCUT2D eigenvalue weighted by Crippen LogP contribution is 2.30. The third-order valence-corrected chi connectivity index (χ3v) is 1.44. The molecule has 0 aliphatic heterocycles. The molecular formula is C3H4F3O3P-2. The van der Waals surface area contributed by atoms with Crippen molar-refractivity contribution in [1.29, 1.82) is 0 Å². The summed E-state index contributed by atoms with van der Waals surface area (Å²) in [6.45, 7) is 0. The SMILES string of the molecule is O=P([O-])([O-])CCC(F)(F)F. The maximum Gasteiger partial charge on any atom is 0.389 e. The second-order valence-electron chi connectivity index (χ2n) is 1.70. The van der Waals surface area contributed by atoms with Crippen LogP contribution in [0.3, 0.4) is 0 Å². The lowest BCUT2D eigenvalue weighted by Crippen LogP contribution is -2.21. The minimum atomic E-state index is -4.98. The quantitative estimate of drug-likeness (QED) is 0.549. The van der Waals surface area contributed by atoms with Crippen LogP contribution in [0.25, 0.3) is 0 Å². The normalized spacial score (nSPS) is 13.7. The molecule has 0 aromatic carbocycles. The largest absolute Gasteiger partial charge is 0.811 e. The van der Waals surface area contributed by atoms with Gasteiger partial charge in [-0.3, -0.25) is 0 Å². The molecule has 0 aliphatic carbocycles. The van der Waals surface area contributed by atoms with Gasteiger partial charge >= 0.3 is 6.18 Å². The van der Waals surface area contributed by atoms with Crippen molar-refractivity contribution in [1.82, 2.24) is 0 Å². The second kappa shape index (κ2) is 2.90. The molecule has 10 heavy (non-hydrogen) atoms. The molecule has 0 fully saturated rings. The predicted octanol–water partition coefficient (Wildman–Crippen LogP) is -0.148. The highest BCUT2D eigenvalue weighted by molar-refractivity contribution is 7.48. The Morgan fingerprint density at radius 2 is 1.70 bits per heavy atom. The van der Waals surface area contributed by atoms with Gasteiger partial charge < -0.3 is 14.4 Å². The highest BCUT2D eigenvalue weighted by atomic mass is 31.2. The van der Waals surface area contributed by atoms with Crippen molar-refractivity contribution in [3.05, 3.63) is 0 Å². The third-order valence-electron chi connectivity index (χ3n) is 0.669. The van der Waals surface area contributed by atoms with E-state index in [4.69, 9.17) is 0 Å². The van der Waals surface area contributed by atoms with Crippen LogP contribution in [0.1, 0.15) is 6.42 Å². The lowest BCUT2D eigenvalue weighted by Gasteiger charge is -2.29. The van der Waals surface area contributed by atoms with Crippen LogP contribution in [0.5, 0.6) is 0 Å². The Morgan fingerprint density at radius 3 is 1.80 bits per heavy atom.